The van der Waals surface area contributed by atoms with Gasteiger partial charge in [-0.15, -0.1) is 0 Å². The molecule has 5 rings (SSSR count). The number of nitro benzene ring substituents is 1. The first-order valence-corrected chi connectivity index (χ1v) is 9.46. The molecular weight excluding hydrogens is 372 g/mol. The lowest BCUT2D eigenvalue weighted by atomic mass is 9.95. The number of aryl methyl sites for hydroxylation is 1. The van der Waals surface area contributed by atoms with Crippen molar-refractivity contribution in [3.63, 3.8) is 0 Å². The van der Waals surface area contributed by atoms with Gasteiger partial charge >= 0.3 is 0 Å². The fourth-order valence-electron chi connectivity index (χ4n) is 3.72. The Balaban J connectivity index is 1.71. The molecule has 2 aliphatic heterocycles. The Morgan fingerprint density at radius 1 is 1.17 bits per heavy atom. The highest BCUT2D eigenvalue weighted by Gasteiger charge is 2.25. The summed E-state index contributed by atoms with van der Waals surface area (Å²) in [6, 6.07) is 10.4. The van der Waals surface area contributed by atoms with Gasteiger partial charge in [0.15, 0.2) is 11.5 Å². The van der Waals surface area contributed by atoms with Gasteiger partial charge in [-0.25, -0.2) is 9.66 Å². The van der Waals surface area contributed by atoms with Gasteiger partial charge in [0.25, 0.3) is 5.69 Å². The lowest BCUT2D eigenvalue weighted by molar-refractivity contribution is -0.384. The maximum absolute atomic E-state index is 11.0. The second-order valence-electron chi connectivity index (χ2n) is 7.02. The highest BCUT2D eigenvalue weighted by molar-refractivity contribution is 6.14. The van der Waals surface area contributed by atoms with Crippen LogP contribution in [0.3, 0.4) is 0 Å². The van der Waals surface area contributed by atoms with Crippen molar-refractivity contribution < 1.29 is 14.4 Å². The Morgan fingerprint density at radius 3 is 2.66 bits per heavy atom. The van der Waals surface area contributed by atoms with E-state index in [4.69, 9.17) is 14.6 Å². The predicted octanol–water partition coefficient (Wildman–Crippen LogP) is 3.68. The van der Waals surface area contributed by atoms with Gasteiger partial charge in [0.2, 0.25) is 6.79 Å². The topological polar surface area (TPSA) is 91.8 Å². The van der Waals surface area contributed by atoms with Crippen LogP contribution >= 0.6 is 0 Å². The van der Waals surface area contributed by atoms with E-state index in [9.17, 15) is 10.1 Å². The smallest absolute Gasteiger partial charge is 0.269 e. The van der Waals surface area contributed by atoms with Crippen molar-refractivity contribution in [2.45, 2.75) is 26.2 Å². The van der Waals surface area contributed by atoms with Crippen LogP contribution in [0.1, 0.15) is 41.6 Å². The zero-order chi connectivity index (χ0) is 20.0. The first kappa shape index (κ1) is 17.4. The molecule has 1 aromatic heterocycles. The van der Waals surface area contributed by atoms with Gasteiger partial charge in [-0.1, -0.05) is 13.3 Å². The molecule has 0 spiro atoms. The van der Waals surface area contributed by atoms with Crippen LogP contribution in [0.2, 0.25) is 0 Å². The molecular formula is C21H18N4O4. The summed E-state index contributed by atoms with van der Waals surface area (Å²) in [6.45, 7) is 2.31. The number of rotatable bonds is 4. The zero-order valence-electron chi connectivity index (χ0n) is 15.8. The summed E-state index contributed by atoms with van der Waals surface area (Å²) < 4.78 is 13.0. The number of hydrogen-bond acceptors (Lipinski definition) is 6. The lowest BCUT2D eigenvalue weighted by Gasteiger charge is -2.11. The van der Waals surface area contributed by atoms with Crippen LogP contribution in [0.4, 0.5) is 5.69 Å². The molecule has 0 N–H and O–H groups in total. The minimum absolute atomic E-state index is 0.0453. The molecule has 29 heavy (non-hydrogen) atoms. The Hall–Kier alpha value is -3.68. The van der Waals surface area contributed by atoms with Crippen molar-refractivity contribution in [3.05, 3.63) is 80.9 Å². The van der Waals surface area contributed by atoms with E-state index in [0.717, 1.165) is 46.8 Å². The third-order valence-corrected chi connectivity index (χ3v) is 5.14. The normalized spacial score (nSPS) is 14.0. The number of nitro groups is 1. The Kier molecular flexibility index (Phi) is 4.04. The van der Waals surface area contributed by atoms with Crippen molar-refractivity contribution in [1.29, 1.82) is 0 Å². The van der Waals surface area contributed by atoms with Crippen LogP contribution in [-0.4, -0.2) is 27.1 Å². The van der Waals surface area contributed by atoms with Crippen LogP contribution in [0.15, 0.2) is 47.7 Å². The van der Waals surface area contributed by atoms with E-state index in [-0.39, 0.29) is 12.5 Å². The number of ether oxygens (including phenoxy) is 2. The molecule has 8 heteroatoms. The van der Waals surface area contributed by atoms with E-state index in [0.29, 0.717) is 17.9 Å². The number of benzene rings is 2. The van der Waals surface area contributed by atoms with Crippen LogP contribution in [0.5, 0.6) is 11.5 Å². The van der Waals surface area contributed by atoms with Crippen molar-refractivity contribution in [2.75, 3.05) is 6.79 Å². The Bertz CT molecular complexity index is 1150. The lowest BCUT2D eigenvalue weighted by Crippen LogP contribution is -2.08. The number of fused-ring (bicyclic) bond motifs is 3. The molecule has 0 aliphatic carbocycles. The molecule has 0 saturated heterocycles. The average Bonchev–Trinajstić information content (AvgIpc) is 3.29. The van der Waals surface area contributed by atoms with Gasteiger partial charge in [-0.2, -0.15) is 5.10 Å². The van der Waals surface area contributed by atoms with Crippen molar-refractivity contribution in [1.82, 2.24) is 9.66 Å². The SMILES string of the molecule is CCCc1cnc2n1N=C(c1ccc([N+](=O)[O-])cc1)c1cc3c(cc1C2)OCO3. The van der Waals surface area contributed by atoms with Crippen LogP contribution in [0, 0.1) is 10.1 Å². The standard InChI is InChI=1S/C21H18N4O4/c1-2-3-16-11-22-20-9-14-8-18-19(29-12-28-18)10-17(14)21(23-24(16)20)13-4-6-15(7-5-13)25(26)27/h4-8,10-11H,2-3,9,12H2,1H3. The van der Waals surface area contributed by atoms with Gasteiger partial charge < -0.3 is 9.47 Å². The van der Waals surface area contributed by atoms with Gasteiger partial charge in [0.1, 0.15) is 5.82 Å². The molecule has 146 valence electrons. The Morgan fingerprint density at radius 2 is 1.93 bits per heavy atom. The molecule has 3 aromatic rings. The molecule has 0 radical (unpaired) electrons. The van der Waals surface area contributed by atoms with E-state index < -0.39 is 4.92 Å². The molecule has 0 bridgehead atoms. The molecule has 3 heterocycles. The van der Waals surface area contributed by atoms with Gasteiger partial charge in [-0.3, -0.25) is 10.1 Å². The highest BCUT2D eigenvalue weighted by atomic mass is 16.7. The molecule has 0 atom stereocenters. The fraction of sp³-hybridized carbons (Fsp3) is 0.238. The van der Waals surface area contributed by atoms with Crippen molar-refractivity contribution >= 4 is 11.4 Å². The maximum Gasteiger partial charge on any atom is 0.269 e. The monoisotopic (exact) mass is 390 g/mol. The summed E-state index contributed by atoms with van der Waals surface area (Å²) >= 11 is 0. The largest absolute Gasteiger partial charge is 0.454 e. The van der Waals surface area contributed by atoms with E-state index in [2.05, 4.69) is 11.9 Å². The summed E-state index contributed by atoms with van der Waals surface area (Å²) in [5.41, 5.74) is 4.54. The minimum Gasteiger partial charge on any atom is -0.454 e. The minimum atomic E-state index is -0.405. The number of aromatic nitrogens is 2. The van der Waals surface area contributed by atoms with E-state index in [1.807, 2.05) is 23.0 Å². The van der Waals surface area contributed by atoms with Crippen LogP contribution in [0.25, 0.3) is 0 Å². The molecule has 0 saturated carbocycles. The third-order valence-electron chi connectivity index (χ3n) is 5.14. The van der Waals surface area contributed by atoms with Crippen LogP contribution in [-0.2, 0) is 12.8 Å². The maximum atomic E-state index is 11.0. The van der Waals surface area contributed by atoms with E-state index in [1.54, 1.807) is 12.1 Å². The van der Waals surface area contributed by atoms with Crippen molar-refractivity contribution in [2.24, 2.45) is 5.10 Å². The number of non-ortho nitro benzene ring substituents is 1. The molecule has 2 aliphatic rings. The number of hydrogen-bond donors (Lipinski definition) is 0. The summed E-state index contributed by atoms with van der Waals surface area (Å²) in [4.78, 5) is 15.2. The molecule has 0 amide bonds. The van der Waals surface area contributed by atoms with E-state index >= 15 is 0 Å². The van der Waals surface area contributed by atoms with Gasteiger partial charge in [0.05, 0.1) is 22.5 Å². The first-order valence-electron chi connectivity index (χ1n) is 9.46. The Labute approximate surface area is 166 Å². The molecule has 8 nitrogen and oxygen atoms in total. The quantitative estimate of drug-likeness (QED) is 0.392. The number of imidazole rings is 1. The van der Waals surface area contributed by atoms with E-state index in [1.165, 1.54) is 12.1 Å². The summed E-state index contributed by atoms with van der Waals surface area (Å²) in [7, 11) is 0. The number of nitrogens with zero attached hydrogens (tertiary/aromatic N) is 4. The molecule has 0 fully saturated rings. The fourth-order valence-corrected chi connectivity index (χ4v) is 3.72. The summed E-state index contributed by atoms with van der Waals surface area (Å²) in [5.74, 6) is 2.23. The van der Waals surface area contributed by atoms with Crippen LogP contribution < -0.4 is 9.47 Å². The third kappa shape index (κ3) is 2.93. The molecule has 0 unspecified atom stereocenters. The average molecular weight is 390 g/mol. The first-order chi connectivity index (χ1) is 14.1. The summed E-state index contributed by atoms with van der Waals surface area (Å²) in [5, 5.41) is 16.0. The van der Waals surface area contributed by atoms with Gasteiger partial charge in [-0.05, 0) is 36.2 Å². The summed E-state index contributed by atoms with van der Waals surface area (Å²) in [6.07, 6.45) is 4.32. The highest BCUT2D eigenvalue weighted by Crippen LogP contribution is 2.37. The second kappa shape index (κ2) is 6.73. The zero-order valence-corrected chi connectivity index (χ0v) is 15.8. The van der Waals surface area contributed by atoms with Gasteiger partial charge in [0, 0.05) is 29.7 Å². The predicted molar refractivity (Wildman–Crippen MR) is 106 cm³/mol. The molecule has 2 aromatic carbocycles. The second-order valence-corrected chi connectivity index (χ2v) is 7.02. The van der Waals surface area contributed by atoms with Crippen molar-refractivity contribution in [3.8, 4) is 11.5 Å².